The monoisotopic (exact) mass is 567 g/mol. The van der Waals surface area contributed by atoms with Gasteiger partial charge in [-0.1, -0.05) is 12.1 Å². The van der Waals surface area contributed by atoms with Crippen LogP contribution in [-0.2, 0) is 10.0 Å². The van der Waals surface area contributed by atoms with Gasteiger partial charge in [-0.15, -0.1) is 0 Å². The first-order valence-electron chi connectivity index (χ1n) is 14.6. The third-order valence-corrected chi connectivity index (χ3v) is 11.3. The molecule has 2 aromatic carbocycles. The highest BCUT2D eigenvalue weighted by Crippen LogP contribution is 2.57. The van der Waals surface area contributed by atoms with E-state index in [1.165, 1.54) is 10.6 Å². The summed E-state index contributed by atoms with van der Waals surface area (Å²) in [6, 6.07) is 16.4. The van der Waals surface area contributed by atoms with Crippen molar-refractivity contribution in [3.05, 3.63) is 48.5 Å². The Balaban J connectivity index is 1.05. The van der Waals surface area contributed by atoms with Crippen molar-refractivity contribution in [2.24, 2.45) is 17.8 Å². The van der Waals surface area contributed by atoms with Crippen molar-refractivity contribution in [3.8, 4) is 0 Å². The number of piperazine rings is 1. The molecule has 1 saturated heterocycles. The number of hydrogen-bond acceptors (Lipinski definition) is 5. The SMILES string of the molecule is CS(=O)(=O)N1CCN(c2ccc(N3CCN(C(=O)NC4C5CC6CC4CC(F)(C6)C5)c4ccccc43)cc2)CC1. The smallest absolute Gasteiger partial charge is 0.322 e. The zero-order chi connectivity index (χ0) is 27.6. The van der Waals surface area contributed by atoms with E-state index in [0.717, 1.165) is 42.0 Å². The maximum atomic E-state index is 15.2. The first-order valence-corrected chi connectivity index (χ1v) is 16.5. The largest absolute Gasteiger partial charge is 0.369 e. The standard InChI is InChI=1S/C30H38FN5O3S/c1-40(38,39)34-12-10-33(11-13-34)24-6-8-25(9-7-24)35-14-15-36(27-5-3-2-4-26(27)35)29(37)32-28-22-16-21-17-23(28)20-30(31,18-21)19-22/h2-9,21-23,28H,10-20H2,1H3,(H,32,37). The van der Waals surface area contributed by atoms with E-state index in [2.05, 4.69) is 45.4 Å². The Hall–Kier alpha value is -2.85. The number of alkyl halides is 1. The number of nitrogens with zero attached hydrogens (tertiary/aromatic N) is 4. The van der Waals surface area contributed by atoms with E-state index in [9.17, 15) is 13.2 Å². The molecule has 214 valence electrons. The normalized spacial score (nSPS) is 31.8. The highest BCUT2D eigenvalue weighted by Gasteiger charge is 2.56. The van der Waals surface area contributed by atoms with Gasteiger partial charge in [0.1, 0.15) is 5.67 Å². The summed E-state index contributed by atoms with van der Waals surface area (Å²) >= 11 is 0. The van der Waals surface area contributed by atoms with Crippen LogP contribution in [0.25, 0.3) is 0 Å². The number of carbonyl (C=O) groups is 1. The van der Waals surface area contributed by atoms with Gasteiger partial charge in [-0.3, -0.25) is 4.90 Å². The van der Waals surface area contributed by atoms with Crippen molar-refractivity contribution < 1.29 is 17.6 Å². The summed E-state index contributed by atoms with van der Waals surface area (Å²) in [5.74, 6) is 0.998. The number of amides is 2. The molecule has 6 aliphatic rings. The molecule has 2 aromatic rings. The second-order valence-corrected chi connectivity index (χ2v) is 14.5. The van der Waals surface area contributed by atoms with E-state index in [-0.39, 0.29) is 23.9 Å². The Morgan fingerprint density at radius 3 is 2.10 bits per heavy atom. The minimum atomic E-state index is -3.15. The van der Waals surface area contributed by atoms with Crippen molar-refractivity contribution in [2.75, 3.05) is 60.2 Å². The number of fused-ring (bicyclic) bond motifs is 1. The number of sulfonamides is 1. The fourth-order valence-corrected chi connectivity index (χ4v) is 9.17. The van der Waals surface area contributed by atoms with Crippen LogP contribution in [0, 0.1) is 17.8 Å². The van der Waals surface area contributed by atoms with Gasteiger partial charge in [-0.2, -0.15) is 4.31 Å². The Morgan fingerprint density at radius 2 is 1.48 bits per heavy atom. The van der Waals surface area contributed by atoms with E-state index >= 15 is 4.39 Å². The summed E-state index contributed by atoms with van der Waals surface area (Å²) in [4.78, 5) is 20.0. The molecule has 4 bridgehead atoms. The summed E-state index contributed by atoms with van der Waals surface area (Å²) < 4.78 is 40.4. The molecule has 2 heterocycles. The Labute approximate surface area is 236 Å². The quantitative estimate of drug-likeness (QED) is 0.595. The van der Waals surface area contributed by atoms with Crippen LogP contribution in [0.5, 0.6) is 0 Å². The van der Waals surface area contributed by atoms with Crippen molar-refractivity contribution in [1.29, 1.82) is 0 Å². The van der Waals surface area contributed by atoms with Gasteiger partial charge in [-0.25, -0.2) is 17.6 Å². The number of urea groups is 1. The third kappa shape index (κ3) is 4.62. The fourth-order valence-electron chi connectivity index (χ4n) is 8.34. The number of rotatable bonds is 4. The molecule has 2 unspecified atom stereocenters. The molecule has 0 aromatic heterocycles. The number of carbonyl (C=O) groups excluding carboxylic acids is 1. The van der Waals surface area contributed by atoms with Crippen molar-refractivity contribution >= 4 is 38.8 Å². The molecule has 0 radical (unpaired) electrons. The van der Waals surface area contributed by atoms with Gasteiger partial charge in [-0.05, 0) is 86.3 Å². The second-order valence-electron chi connectivity index (χ2n) is 12.6. The molecule has 5 fully saturated rings. The lowest BCUT2D eigenvalue weighted by molar-refractivity contribution is -0.0899. The number of benzene rings is 2. The van der Waals surface area contributed by atoms with Gasteiger partial charge in [0.05, 0.1) is 17.6 Å². The van der Waals surface area contributed by atoms with E-state index in [1.807, 2.05) is 23.1 Å². The fraction of sp³-hybridized carbons (Fsp3) is 0.567. The van der Waals surface area contributed by atoms with Gasteiger partial charge < -0.3 is 15.1 Å². The number of anilines is 4. The average Bonchev–Trinajstić information content (AvgIpc) is 2.93. The number of hydrogen-bond donors (Lipinski definition) is 1. The highest BCUT2D eigenvalue weighted by molar-refractivity contribution is 7.88. The molecule has 2 aliphatic heterocycles. The van der Waals surface area contributed by atoms with Crippen LogP contribution < -0.4 is 20.0 Å². The summed E-state index contributed by atoms with van der Waals surface area (Å²) in [5.41, 5.74) is 3.01. The molecular weight excluding hydrogens is 529 g/mol. The molecule has 8 nitrogen and oxygen atoms in total. The lowest BCUT2D eigenvalue weighted by Crippen LogP contribution is -2.62. The first-order chi connectivity index (χ1) is 19.2. The zero-order valence-electron chi connectivity index (χ0n) is 23.0. The number of para-hydroxylation sites is 2. The van der Waals surface area contributed by atoms with E-state index < -0.39 is 15.7 Å². The van der Waals surface area contributed by atoms with E-state index in [1.54, 1.807) is 0 Å². The molecule has 40 heavy (non-hydrogen) atoms. The molecule has 8 rings (SSSR count). The van der Waals surface area contributed by atoms with Gasteiger partial charge in [0.15, 0.2) is 0 Å². The molecule has 0 spiro atoms. The maximum Gasteiger partial charge on any atom is 0.322 e. The molecule has 10 heteroatoms. The van der Waals surface area contributed by atoms with Crippen LogP contribution in [-0.4, -0.2) is 76.0 Å². The molecule has 2 amide bonds. The molecule has 4 saturated carbocycles. The Bertz CT molecular complexity index is 1380. The number of halogens is 1. The van der Waals surface area contributed by atoms with Gasteiger partial charge >= 0.3 is 6.03 Å². The first kappa shape index (κ1) is 26.1. The van der Waals surface area contributed by atoms with Crippen LogP contribution in [0.2, 0.25) is 0 Å². The Kier molecular flexibility index (Phi) is 6.27. The van der Waals surface area contributed by atoms with Gasteiger partial charge in [0, 0.05) is 56.7 Å². The number of nitrogens with one attached hydrogen (secondary N) is 1. The third-order valence-electron chi connectivity index (χ3n) is 9.98. The summed E-state index contributed by atoms with van der Waals surface area (Å²) in [6.45, 7) is 3.56. The van der Waals surface area contributed by atoms with Crippen LogP contribution >= 0.6 is 0 Å². The molecular formula is C30H38FN5O3S. The van der Waals surface area contributed by atoms with Crippen molar-refractivity contribution in [3.63, 3.8) is 0 Å². The van der Waals surface area contributed by atoms with Gasteiger partial charge in [0.25, 0.3) is 0 Å². The minimum Gasteiger partial charge on any atom is -0.369 e. The maximum absolute atomic E-state index is 15.2. The van der Waals surface area contributed by atoms with Gasteiger partial charge in [0.2, 0.25) is 10.0 Å². The topological polar surface area (TPSA) is 76.2 Å². The van der Waals surface area contributed by atoms with Crippen LogP contribution in [0.4, 0.5) is 31.9 Å². The highest BCUT2D eigenvalue weighted by atomic mass is 32.2. The van der Waals surface area contributed by atoms with Crippen molar-refractivity contribution in [1.82, 2.24) is 9.62 Å². The summed E-state index contributed by atoms with van der Waals surface area (Å²) in [5, 5.41) is 3.36. The van der Waals surface area contributed by atoms with Crippen LogP contribution in [0.1, 0.15) is 32.1 Å². The predicted octanol–water partition coefficient (Wildman–Crippen LogP) is 4.35. The van der Waals surface area contributed by atoms with Crippen LogP contribution in [0.15, 0.2) is 48.5 Å². The van der Waals surface area contributed by atoms with Crippen molar-refractivity contribution in [2.45, 2.75) is 43.8 Å². The Morgan fingerprint density at radius 1 is 0.850 bits per heavy atom. The summed E-state index contributed by atoms with van der Waals surface area (Å²) in [7, 11) is -3.15. The average molecular weight is 568 g/mol. The molecule has 4 aliphatic carbocycles. The summed E-state index contributed by atoms with van der Waals surface area (Å²) in [6.07, 6.45) is 5.26. The second kappa shape index (κ2) is 9.62. The predicted molar refractivity (Wildman–Crippen MR) is 156 cm³/mol. The van der Waals surface area contributed by atoms with E-state index in [4.69, 9.17) is 0 Å². The van der Waals surface area contributed by atoms with Crippen LogP contribution in [0.3, 0.4) is 0 Å². The van der Waals surface area contributed by atoms with E-state index in [0.29, 0.717) is 58.0 Å². The lowest BCUT2D eigenvalue weighted by atomic mass is 9.53. The lowest BCUT2D eigenvalue weighted by Gasteiger charge is -2.57. The minimum absolute atomic E-state index is 0.0685. The molecule has 2 atom stereocenters. The molecule has 1 N–H and O–H groups in total. The zero-order valence-corrected chi connectivity index (χ0v) is 23.8.